The number of aromatic carboxylic acids is 1. The van der Waals surface area contributed by atoms with Crippen LogP contribution in [0.1, 0.15) is 16.1 Å². The smallest absolute Gasteiger partial charge is 0.335 e. The lowest BCUT2D eigenvalue weighted by atomic mass is 10.1. The Morgan fingerprint density at radius 1 is 1.50 bits per heavy atom. The summed E-state index contributed by atoms with van der Waals surface area (Å²) in [7, 11) is 0. The molecular formula is C9H8N2O3. The monoisotopic (exact) mass is 192 g/mol. The molecule has 3 N–H and O–H groups in total. The molecule has 0 aliphatic rings. The largest absolute Gasteiger partial charge is 0.478 e. The number of hydrogen-bond acceptors (Lipinski definition) is 3. The molecule has 0 aliphatic heterocycles. The highest BCUT2D eigenvalue weighted by Crippen LogP contribution is 2.17. The number of nitrogens with one attached hydrogen (secondary N) is 1. The third-order valence-corrected chi connectivity index (χ3v) is 2.04. The van der Waals surface area contributed by atoms with Crippen molar-refractivity contribution in [1.29, 1.82) is 0 Å². The molecule has 1 aromatic carbocycles. The highest BCUT2D eigenvalue weighted by molar-refractivity contribution is 5.94. The summed E-state index contributed by atoms with van der Waals surface area (Å²) in [5.41, 5.74) is 1.37. The third-order valence-electron chi connectivity index (χ3n) is 2.04. The second kappa shape index (κ2) is 3.12. The van der Waals surface area contributed by atoms with Crippen molar-refractivity contribution in [2.24, 2.45) is 0 Å². The average Bonchev–Trinajstić information content (AvgIpc) is 2.59. The molecule has 2 aromatic rings. The summed E-state index contributed by atoms with van der Waals surface area (Å²) in [4.78, 5) is 10.7. The average molecular weight is 192 g/mol. The summed E-state index contributed by atoms with van der Waals surface area (Å²) in [5, 5.41) is 24.9. The quantitative estimate of drug-likeness (QED) is 0.655. The van der Waals surface area contributed by atoms with Gasteiger partial charge in [0.25, 0.3) is 0 Å². The van der Waals surface area contributed by atoms with E-state index in [1.54, 1.807) is 6.07 Å². The predicted octanol–water partition coefficient (Wildman–Crippen LogP) is 0.753. The summed E-state index contributed by atoms with van der Waals surface area (Å²) in [6, 6.07) is 4.58. The standard InChI is InChI=1S/C9H8N2O3/c12-4-8-6-3-5(9(13)14)1-2-7(6)10-11-8/h1-3,12H,4H2,(H,10,11)(H,13,14). The molecule has 0 bridgehead atoms. The molecule has 0 unspecified atom stereocenters. The van der Waals surface area contributed by atoms with Crippen LogP contribution in [0.4, 0.5) is 0 Å². The van der Waals surface area contributed by atoms with Gasteiger partial charge in [-0.3, -0.25) is 5.10 Å². The maximum Gasteiger partial charge on any atom is 0.335 e. The highest BCUT2D eigenvalue weighted by Gasteiger charge is 2.08. The molecule has 0 atom stereocenters. The number of carboxylic acids is 1. The number of aromatic amines is 1. The Morgan fingerprint density at radius 2 is 2.29 bits per heavy atom. The van der Waals surface area contributed by atoms with Crippen LogP contribution >= 0.6 is 0 Å². The van der Waals surface area contributed by atoms with Gasteiger partial charge in [-0.15, -0.1) is 0 Å². The van der Waals surface area contributed by atoms with E-state index in [1.165, 1.54) is 12.1 Å². The van der Waals surface area contributed by atoms with Crippen LogP contribution in [0.25, 0.3) is 10.9 Å². The molecule has 14 heavy (non-hydrogen) atoms. The SMILES string of the molecule is O=C(O)c1ccc2n[nH]c(CO)c2c1. The topological polar surface area (TPSA) is 86.2 Å². The summed E-state index contributed by atoms with van der Waals surface area (Å²) < 4.78 is 0. The van der Waals surface area contributed by atoms with E-state index < -0.39 is 5.97 Å². The summed E-state index contributed by atoms with van der Waals surface area (Å²) in [6.07, 6.45) is 0. The van der Waals surface area contributed by atoms with Gasteiger partial charge in [-0.2, -0.15) is 5.10 Å². The highest BCUT2D eigenvalue weighted by atomic mass is 16.4. The zero-order valence-corrected chi connectivity index (χ0v) is 7.19. The zero-order chi connectivity index (χ0) is 10.1. The minimum atomic E-state index is -0.989. The Bertz CT molecular complexity index is 490. The minimum absolute atomic E-state index is 0.181. The normalized spacial score (nSPS) is 10.6. The van der Waals surface area contributed by atoms with Crippen molar-refractivity contribution in [2.45, 2.75) is 6.61 Å². The molecule has 1 aromatic heterocycles. The van der Waals surface area contributed by atoms with Crippen molar-refractivity contribution in [2.75, 3.05) is 0 Å². The van der Waals surface area contributed by atoms with E-state index in [4.69, 9.17) is 10.2 Å². The van der Waals surface area contributed by atoms with E-state index >= 15 is 0 Å². The fourth-order valence-corrected chi connectivity index (χ4v) is 1.32. The van der Waals surface area contributed by atoms with Crippen LogP contribution < -0.4 is 0 Å². The number of aromatic nitrogens is 2. The molecule has 5 heteroatoms. The Hall–Kier alpha value is -1.88. The Labute approximate surface area is 79.0 Å². The first-order valence-corrected chi connectivity index (χ1v) is 4.03. The van der Waals surface area contributed by atoms with Gasteiger partial charge in [0.15, 0.2) is 0 Å². The van der Waals surface area contributed by atoms with E-state index in [1.807, 2.05) is 0 Å². The maximum atomic E-state index is 10.7. The molecule has 0 spiro atoms. The third kappa shape index (κ3) is 1.23. The first kappa shape index (κ1) is 8.71. The number of hydrogen-bond donors (Lipinski definition) is 3. The van der Waals surface area contributed by atoms with Gasteiger partial charge in [-0.25, -0.2) is 4.79 Å². The van der Waals surface area contributed by atoms with Crippen molar-refractivity contribution < 1.29 is 15.0 Å². The van der Waals surface area contributed by atoms with E-state index in [0.29, 0.717) is 16.6 Å². The molecular weight excluding hydrogens is 184 g/mol. The van der Waals surface area contributed by atoms with Gasteiger partial charge in [-0.1, -0.05) is 0 Å². The van der Waals surface area contributed by atoms with Crippen LogP contribution in [0.2, 0.25) is 0 Å². The van der Waals surface area contributed by atoms with Gasteiger partial charge in [0.2, 0.25) is 0 Å². The molecule has 0 saturated heterocycles. The van der Waals surface area contributed by atoms with E-state index in [2.05, 4.69) is 10.2 Å². The Morgan fingerprint density at radius 3 is 2.93 bits per heavy atom. The first-order chi connectivity index (χ1) is 6.72. The fraction of sp³-hybridized carbons (Fsp3) is 0.111. The fourth-order valence-electron chi connectivity index (χ4n) is 1.32. The number of rotatable bonds is 2. The van der Waals surface area contributed by atoms with Crippen LogP contribution in [0, 0.1) is 0 Å². The van der Waals surface area contributed by atoms with Gasteiger partial charge in [0.1, 0.15) is 0 Å². The minimum Gasteiger partial charge on any atom is -0.478 e. The number of H-pyrrole nitrogens is 1. The van der Waals surface area contributed by atoms with E-state index in [0.717, 1.165) is 0 Å². The molecule has 0 aliphatic carbocycles. The molecule has 1 heterocycles. The number of aliphatic hydroxyl groups is 1. The summed E-state index contributed by atoms with van der Waals surface area (Å²) in [6.45, 7) is -0.181. The first-order valence-electron chi connectivity index (χ1n) is 4.03. The van der Waals surface area contributed by atoms with Gasteiger partial charge >= 0.3 is 5.97 Å². The van der Waals surface area contributed by atoms with Gasteiger partial charge in [-0.05, 0) is 18.2 Å². The van der Waals surface area contributed by atoms with Crippen LogP contribution in [-0.4, -0.2) is 26.4 Å². The molecule has 2 rings (SSSR count). The molecule has 5 nitrogen and oxygen atoms in total. The van der Waals surface area contributed by atoms with Crippen LogP contribution in [0.15, 0.2) is 18.2 Å². The maximum absolute atomic E-state index is 10.7. The number of nitrogens with zero attached hydrogens (tertiary/aromatic N) is 1. The zero-order valence-electron chi connectivity index (χ0n) is 7.19. The second-order valence-corrected chi connectivity index (χ2v) is 2.90. The number of carboxylic acid groups (broad SMARTS) is 1. The number of benzene rings is 1. The van der Waals surface area contributed by atoms with Crippen molar-refractivity contribution in [1.82, 2.24) is 10.2 Å². The van der Waals surface area contributed by atoms with Gasteiger partial charge < -0.3 is 10.2 Å². The lowest BCUT2D eigenvalue weighted by Gasteiger charge is -1.95. The van der Waals surface area contributed by atoms with E-state index in [-0.39, 0.29) is 12.2 Å². The predicted molar refractivity (Wildman–Crippen MR) is 49.0 cm³/mol. The van der Waals surface area contributed by atoms with Crippen molar-refractivity contribution in [3.8, 4) is 0 Å². The Kier molecular flexibility index (Phi) is 1.94. The molecule has 0 radical (unpaired) electrons. The van der Waals surface area contributed by atoms with Gasteiger partial charge in [0.05, 0.1) is 23.4 Å². The van der Waals surface area contributed by atoms with Crippen LogP contribution in [-0.2, 0) is 6.61 Å². The van der Waals surface area contributed by atoms with E-state index in [9.17, 15) is 4.79 Å². The number of aliphatic hydroxyl groups excluding tert-OH is 1. The van der Waals surface area contributed by atoms with Crippen LogP contribution in [0.3, 0.4) is 0 Å². The number of carbonyl (C=O) groups is 1. The Balaban J connectivity index is 2.67. The second-order valence-electron chi connectivity index (χ2n) is 2.90. The lowest BCUT2D eigenvalue weighted by Crippen LogP contribution is -1.95. The van der Waals surface area contributed by atoms with Crippen molar-refractivity contribution >= 4 is 16.9 Å². The molecule has 72 valence electrons. The summed E-state index contributed by atoms with van der Waals surface area (Å²) >= 11 is 0. The molecule has 0 fully saturated rings. The summed E-state index contributed by atoms with van der Waals surface area (Å²) in [5.74, 6) is -0.989. The number of fused-ring (bicyclic) bond motifs is 1. The molecule has 0 saturated carbocycles. The van der Waals surface area contributed by atoms with Gasteiger partial charge in [0, 0.05) is 5.39 Å². The lowest BCUT2D eigenvalue weighted by molar-refractivity contribution is 0.0697. The molecule has 0 amide bonds. The van der Waals surface area contributed by atoms with Crippen molar-refractivity contribution in [3.63, 3.8) is 0 Å². The van der Waals surface area contributed by atoms with Crippen molar-refractivity contribution in [3.05, 3.63) is 29.5 Å². The van der Waals surface area contributed by atoms with Crippen LogP contribution in [0.5, 0.6) is 0 Å².